The van der Waals surface area contributed by atoms with Crippen LogP contribution in [-0.2, 0) is 35.1 Å². The van der Waals surface area contributed by atoms with Crippen LogP contribution >= 0.6 is 7.60 Å². The van der Waals surface area contributed by atoms with Crippen molar-refractivity contribution in [2.24, 2.45) is 0 Å². The molecule has 16 nitrogen and oxygen atoms in total. The van der Waals surface area contributed by atoms with Crippen LogP contribution in [0.1, 0.15) is 27.7 Å². The fraction of sp³-hybridized carbons (Fsp3) is 0.611. The van der Waals surface area contributed by atoms with E-state index >= 15 is 0 Å². The normalized spacial score (nSPS) is 15.6. The number of nitrogens with two attached hydrogens (primary N) is 1. The first-order chi connectivity index (χ1) is 16.4. The fourth-order valence-corrected chi connectivity index (χ4v) is 4.39. The Balaban J connectivity index is 2.44. The first-order valence-electron chi connectivity index (χ1n) is 10.6. The third-order valence-corrected chi connectivity index (χ3v) is 6.20. The van der Waals surface area contributed by atoms with E-state index < -0.39 is 48.8 Å². The van der Waals surface area contributed by atoms with Gasteiger partial charge in [0, 0.05) is 6.54 Å². The SMILES string of the molecule is CCONC(C)C(=O)C(OCCn1cnc2c(=O)[nH]c(N)nc21)(C(=O)C(C)NOCC)P(=O)(O)O. The Hall–Kier alpha value is -2.56. The molecule has 0 saturated carbocycles. The Morgan fingerprint density at radius 3 is 2.23 bits per heavy atom. The third kappa shape index (κ3) is 6.17. The summed E-state index contributed by atoms with van der Waals surface area (Å²) in [6, 6.07) is -2.67. The minimum Gasteiger partial charge on any atom is -0.369 e. The number of Topliss-reactive ketones (excluding diaryl/α,β-unsaturated/α-hetero) is 2. The van der Waals surface area contributed by atoms with Crippen LogP contribution in [0.2, 0.25) is 0 Å². The maximum absolute atomic E-state index is 13.3. The van der Waals surface area contributed by atoms with E-state index in [0.717, 1.165) is 0 Å². The van der Waals surface area contributed by atoms with Gasteiger partial charge in [-0.1, -0.05) is 0 Å². The molecule has 0 aromatic carbocycles. The number of nitrogens with zero attached hydrogens (tertiary/aromatic N) is 3. The highest BCUT2D eigenvalue weighted by Crippen LogP contribution is 2.53. The number of aromatic amines is 1. The molecule has 2 aromatic rings. The molecule has 0 fully saturated rings. The molecular formula is C18H30N7O9P. The van der Waals surface area contributed by atoms with Gasteiger partial charge in [-0.2, -0.15) is 15.9 Å². The minimum absolute atomic E-state index is 0.0309. The lowest BCUT2D eigenvalue weighted by Crippen LogP contribution is -2.60. The molecule has 0 saturated heterocycles. The summed E-state index contributed by atoms with van der Waals surface area (Å²) in [5, 5.41) is -3.19. The highest BCUT2D eigenvalue weighted by atomic mass is 31.2. The summed E-state index contributed by atoms with van der Waals surface area (Å²) in [5.74, 6) is -2.67. The van der Waals surface area contributed by atoms with Crippen molar-refractivity contribution in [3.8, 4) is 0 Å². The lowest BCUT2D eigenvalue weighted by molar-refractivity contribution is -0.156. The standard InChI is InChI=1S/C18H30N7O9P/c1-5-33-23-10(3)13(26)18(35(29,30)31,14(27)11(4)24-34-6-2)32-8-7-25-9-20-12-15(25)21-17(19)22-16(12)28/h9-11,23-24H,5-8H2,1-4H3,(H2,29,30,31)(H3,19,21,22,28). The number of ketones is 2. The van der Waals surface area contributed by atoms with Gasteiger partial charge in [-0.25, -0.2) is 4.98 Å². The lowest BCUT2D eigenvalue weighted by Gasteiger charge is -2.35. The second-order valence-corrected chi connectivity index (χ2v) is 9.09. The number of hydrogen-bond donors (Lipinski definition) is 6. The number of ether oxygens (including phenoxy) is 1. The summed E-state index contributed by atoms with van der Waals surface area (Å²) in [4.78, 5) is 79.1. The van der Waals surface area contributed by atoms with Crippen molar-refractivity contribution < 1.29 is 38.4 Å². The largest absolute Gasteiger partial charge is 0.372 e. The maximum Gasteiger partial charge on any atom is 0.372 e. The first-order valence-corrected chi connectivity index (χ1v) is 12.2. The quantitative estimate of drug-likeness (QED) is 0.0901. The predicted octanol–water partition coefficient (Wildman–Crippen LogP) is -1.41. The lowest BCUT2D eigenvalue weighted by atomic mass is 10.0. The summed E-state index contributed by atoms with van der Waals surface area (Å²) < 4.78 is 19.5. The number of nitrogen functional groups attached to an aromatic ring is 1. The highest BCUT2D eigenvalue weighted by molar-refractivity contribution is 7.56. The molecule has 196 valence electrons. The van der Waals surface area contributed by atoms with Crippen LogP contribution in [0.5, 0.6) is 0 Å². The van der Waals surface area contributed by atoms with E-state index in [9.17, 15) is 28.7 Å². The van der Waals surface area contributed by atoms with Crippen molar-refractivity contribution >= 4 is 36.3 Å². The molecule has 7 N–H and O–H groups in total. The third-order valence-electron chi connectivity index (χ3n) is 4.81. The number of fused-ring (bicyclic) bond motifs is 1. The van der Waals surface area contributed by atoms with Gasteiger partial charge in [0.05, 0.1) is 38.2 Å². The topological polar surface area (TPSA) is 233 Å². The van der Waals surface area contributed by atoms with E-state index in [0.29, 0.717) is 0 Å². The van der Waals surface area contributed by atoms with Crippen LogP contribution < -0.4 is 22.3 Å². The second-order valence-electron chi connectivity index (χ2n) is 7.37. The molecule has 0 aliphatic heterocycles. The number of carbonyl (C=O) groups excluding carboxylic acids is 2. The van der Waals surface area contributed by atoms with E-state index in [2.05, 4.69) is 25.9 Å². The van der Waals surface area contributed by atoms with Gasteiger partial charge in [0.15, 0.2) is 11.2 Å². The van der Waals surface area contributed by atoms with Crippen molar-refractivity contribution in [3.05, 3.63) is 16.7 Å². The summed E-state index contributed by atoms with van der Waals surface area (Å²) in [6.45, 7) is 5.32. The second kappa shape index (κ2) is 11.9. The smallest absolute Gasteiger partial charge is 0.369 e. The Morgan fingerprint density at radius 2 is 1.74 bits per heavy atom. The van der Waals surface area contributed by atoms with Gasteiger partial charge in [0.1, 0.15) is 0 Å². The number of anilines is 1. The van der Waals surface area contributed by atoms with Crippen LogP contribution in [0, 0.1) is 0 Å². The molecule has 0 aliphatic carbocycles. The first kappa shape index (κ1) is 28.7. The van der Waals surface area contributed by atoms with Gasteiger partial charge in [0.25, 0.3) is 10.9 Å². The Kier molecular flexibility index (Phi) is 9.76. The minimum atomic E-state index is -5.59. The van der Waals surface area contributed by atoms with E-state index in [1.165, 1.54) is 24.7 Å². The molecule has 2 rings (SSSR count). The molecule has 0 radical (unpaired) electrons. The Bertz CT molecular complexity index is 1120. The van der Waals surface area contributed by atoms with Crippen molar-refractivity contribution in [3.63, 3.8) is 0 Å². The van der Waals surface area contributed by atoms with Crippen molar-refractivity contribution in [1.29, 1.82) is 0 Å². The summed E-state index contributed by atoms with van der Waals surface area (Å²) in [5.41, 5.74) is 9.69. The fourth-order valence-electron chi connectivity index (χ4n) is 3.17. The number of nitrogens with one attached hydrogen (secondary N) is 3. The molecule has 0 aliphatic rings. The van der Waals surface area contributed by atoms with Crippen LogP contribution in [0.25, 0.3) is 11.2 Å². The van der Waals surface area contributed by atoms with Gasteiger partial charge in [-0.05, 0) is 27.7 Å². The van der Waals surface area contributed by atoms with Gasteiger partial charge in [0.2, 0.25) is 17.5 Å². The molecule has 0 bridgehead atoms. The van der Waals surface area contributed by atoms with Crippen LogP contribution in [0.3, 0.4) is 0 Å². The highest BCUT2D eigenvalue weighted by Gasteiger charge is 2.62. The van der Waals surface area contributed by atoms with E-state index in [4.69, 9.17) is 20.1 Å². The number of imidazole rings is 1. The monoisotopic (exact) mass is 519 g/mol. The molecule has 0 spiro atoms. The molecule has 2 unspecified atom stereocenters. The van der Waals surface area contributed by atoms with E-state index in [1.54, 1.807) is 13.8 Å². The summed E-state index contributed by atoms with van der Waals surface area (Å²) in [7, 11) is -5.59. The molecule has 35 heavy (non-hydrogen) atoms. The maximum atomic E-state index is 13.3. The van der Waals surface area contributed by atoms with Crippen molar-refractivity contribution in [2.75, 3.05) is 25.6 Å². The number of aromatic nitrogens is 4. The van der Waals surface area contributed by atoms with Gasteiger partial charge in [-0.3, -0.25) is 23.9 Å². The zero-order valence-electron chi connectivity index (χ0n) is 19.7. The number of hydrogen-bond acceptors (Lipinski definition) is 12. The summed E-state index contributed by atoms with van der Waals surface area (Å²) >= 11 is 0. The van der Waals surface area contributed by atoms with Crippen molar-refractivity contribution in [1.82, 2.24) is 30.5 Å². The molecular weight excluding hydrogens is 489 g/mol. The average molecular weight is 519 g/mol. The number of hydroxylamine groups is 2. The Morgan fingerprint density at radius 1 is 1.20 bits per heavy atom. The predicted molar refractivity (Wildman–Crippen MR) is 122 cm³/mol. The summed E-state index contributed by atoms with van der Waals surface area (Å²) in [6.07, 6.45) is 1.23. The number of carbonyl (C=O) groups is 2. The zero-order chi connectivity index (χ0) is 26.4. The zero-order valence-corrected chi connectivity index (χ0v) is 20.6. The van der Waals surface area contributed by atoms with Crippen molar-refractivity contribution in [2.45, 2.75) is 51.7 Å². The van der Waals surface area contributed by atoms with E-state index in [-0.39, 0.29) is 36.9 Å². The molecule has 2 atom stereocenters. The van der Waals surface area contributed by atoms with Crippen LogP contribution in [0.4, 0.5) is 5.95 Å². The molecule has 0 amide bonds. The number of rotatable bonds is 15. The molecule has 17 heteroatoms. The average Bonchev–Trinajstić information content (AvgIpc) is 3.19. The van der Waals surface area contributed by atoms with Gasteiger partial charge in [-0.15, -0.1) is 0 Å². The van der Waals surface area contributed by atoms with Gasteiger partial charge < -0.3 is 34.5 Å². The van der Waals surface area contributed by atoms with Crippen LogP contribution in [0.15, 0.2) is 11.1 Å². The van der Waals surface area contributed by atoms with Gasteiger partial charge >= 0.3 is 7.60 Å². The van der Waals surface area contributed by atoms with Crippen LogP contribution in [-0.4, -0.2) is 78.1 Å². The Labute approximate surface area is 199 Å². The molecule has 2 heterocycles. The van der Waals surface area contributed by atoms with E-state index in [1.807, 2.05) is 0 Å². The molecule has 2 aromatic heterocycles. The number of H-pyrrole nitrogens is 1.